The standard InChI is InChI=1S/C21H21NOP.Li/c1-18(19-12-6-3-7-13-19)22(2)24(23,20-14-8-4-9-15-20)21-16-10-5-11-17-21;/h3-17H,1-2H3;/q-1;+1. The van der Waals surface area contributed by atoms with E-state index in [9.17, 15) is 4.57 Å². The Bertz CT molecular complexity index is 781. The molecule has 0 aliphatic rings. The molecule has 0 bridgehead atoms. The van der Waals surface area contributed by atoms with Crippen molar-refractivity contribution >= 4 is 17.9 Å². The minimum Gasteiger partial charge on any atom is -0.297 e. The third-order valence-electron chi connectivity index (χ3n) is 4.31. The number of hydrogen-bond acceptors (Lipinski definition) is 1. The van der Waals surface area contributed by atoms with Crippen LogP contribution in [0.15, 0.2) is 91.0 Å². The minimum atomic E-state index is -2.94. The molecule has 0 saturated heterocycles. The fourth-order valence-electron chi connectivity index (χ4n) is 2.83. The Kier molecular flexibility index (Phi) is 6.77. The molecule has 0 amide bonds. The van der Waals surface area contributed by atoms with Crippen LogP contribution in [0, 0.1) is 6.04 Å². The van der Waals surface area contributed by atoms with Gasteiger partial charge in [-0.3, -0.25) is 9.24 Å². The van der Waals surface area contributed by atoms with Gasteiger partial charge in [-0.1, -0.05) is 49.4 Å². The SMILES string of the molecule is C[C-](c1ccccc1)N(C)P(=O)(c1ccccc1)c1ccccc1.[Li+]. The van der Waals surface area contributed by atoms with Crippen molar-refractivity contribution < 1.29 is 23.4 Å². The second-order valence-corrected chi connectivity index (χ2v) is 8.51. The van der Waals surface area contributed by atoms with Gasteiger partial charge in [0.15, 0.2) is 7.29 Å². The van der Waals surface area contributed by atoms with Crippen LogP contribution in [0.2, 0.25) is 0 Å². The number of hydrogen-bond donors (Lipinski definition) is 0. The molecule has 25 heavy (non-hydrogen) atoms. The zero-order chi connectivity index (χ0) is 17.0. The summed E-state index contributed by atoms with van der Waals surface area (Å²) in [4.78, 5) is 0. The van der Waals surface area contributed by atoms with Gasteiger partial charge >= 0.3 is 18.9 Å². The summed E-state index contributed by atoms with van der Waals surface area (Å²) >= 11 is 0. The molecule has 4 heteroatoms. The quantitative estimate of drug-likeness (QED) is 0.398. The van der Waals surface area contributed by atoms with Gasteiger partial charge in [0.05, 0.1) is 0 Å². The van der Waals surface area contributed by atoms with Crippen LogP contribution in [0.3, 0.4) is 0 Å². The fraction of sp³-hybridized carbons (Fsp3) is 0.0952. The van der Waals surface area contributed by atoms with Gasteiger partial charge in [-0.2, -0.15) is 17.7 Å². The molecule has 0 aliphatic carbocycles. The van der Waals surface area contributed by atoms with E-state index >= 15 is 0 Å². The summed E-state index contributed by atoms with van der Waals surface area (Å²) in [5.41, 5.74) is 1.08. The number of rotatable bonds is 5. The van der Waals surface area contributed by atoms with Crippen molar-refractivity contribution in [1.82, 2.24) is 4.67 Å². The van der Waals surface area contributed by atoms with Crippen LogP contribution in [0.4, 0.5) is 0 Å². The van der Waals surface area contributed by atoms with Gasteiger partial charge in [-0.25, -0.2) is 0 Å². The summed E-state index contributed by atoms with van der Waals surface area (Å²) in [6.45, 7) is 2.02. The zero-order valence-corrected chi connectivity index (χ0v) is 15.9. The van der Waals surface area contributed by atoms with E-state index in [1.54, 1.807) is 0 Å². The van der Waals surface area contributed by atoms with Crippen molar-refractivity contribution in [3.8, 4) is 0 Å². The summed E-state index contributed by atoms with van der Waals surface area (Å²) in [6.07, 6.45) is 0. The van der Waals surface area contributed by atoms with Crippen LogP contribution in [0.25, 0.3) is 0 Å². The van der Waals surface area contributed by atoms with E-state index in [1.807, 2.05) is 110 Å². The van der Waals surface area contributed by atoms with E-state index in [0.717, 1.165) is 22.2 Å². The predicted octanol–water partition coefficient (Wildman–Crippen LogP) is 1.45. The molecule has 0 unspecified atom stereocenters. The second kappa shape index (κ2) is 8.61. The molecule has 0 spiro atoms. The van der Waals surface area contributed by atoms with Gasteiger partial charge in [-0.05, 0) is 31.3 Å². The third-order valence-corrected chi connectivity index (χ3v) is 7.45. The molecule has 0 N–H and O–H groups in total. The maximum atomic E-state index is 14.2. The van der Waals surface area contributed by atoms with Crippen molar-refractivity contribution in [2.24, 2.45) is 0 Å². The molecule has 0 heterocycles. The van der Waals surface area contributed by atoms with Crippen molar-refractivity contribution in [3.63, 3.8) is 0 Å². The Morgan fingerprint density at radius 2 is 1.08 bits per heavy atom. The van der Waals surface area contributed by atoms with Gasteiger partial charge < -0.3 is 0 Å². The monoisotopic (exact) mass is 341 g/mol. The van der Waals surface area contributed by atoms with E-state index in [-0.39, 0.29) is 18.9 Å². The van der Waals surface area contributed by atoms with E-state index in [1.165, 1.54) is 0 Å². The van der Waals surface area contributed by atoms with E-state index in [0.29, 0.717) is 0 Å². The number of nitrogens with zero attached hydrogens (tertiary/aromatic N) is 1. The molecule has 0 aliphatic heterocycles. The largest absolute Gasteiger partial charge is 1.00 e. The van der Waals surface area contributed by atoms with E-state index in [4.69, 9.17) is 0 Å². The van der Waals surface area contributed by atoms with Crippen LogP contribution in [0.5, 0.6) is 0 Å². The summed E-state index contributed by atoms with van der Waals surface area (Å²) < 4.78 is 16.2. The summed E-state index contributed by atoms with van der Waals surface area (Å²) in [5.74, 6) is 0. The maximum absolute atomic E-state index is 14.2. The molecule has 3 aromatic rings. The molecule has 3 rings (SSSR count). The Morgan fingerprint density at radius 1 is 0.720 bits per heavy atom. The van der Waals surface area contributed by atoms with Gasteiger partial charge in [0.2, 0.25) is 0 Å². The maximum Gasteiger partial charge on any atom is 1.00 e. The second-order valence-electron chi connectivity index (χ2n) is 5.72. The molecule has 122 valence electrons. The van der Waals surface area contributed by atoms with Gasteiger partial charge in [0.25, 0.3) is 0 Å². The van der Waals surface area contributed by atoms with Gasteiger partial charge in [-0.15, -0.1) is 18.2 Å². The smallest absolute Gasteiger partial charge is 0.297 e. The molecule has 0 atom stereocenters. The zero-order valence-electron chi connectivity index (χ0n) is 15.0. The molecule has 0 fully saturated rings. The average Bonchev–Trinajstić information content (AvgIpc) is 2.68. The van der Waals surface area contributed by atoms with E-state index < -0.39 is 7.29 Å². The molecular formula is C21H21LiNOP. The predicted molar refractivity (Wildman–Crippen MR) is 102 cm³/mol. The van der Waals surface area contributed by atoms with Crippen LogP contribution in [-0.4, -0.2) is 11.7 Å². The molecule has 2 nitrogen and oxygen atoms in total. The van der Waals surface area contributed by atoms with Gasteiger partial charge in [0, 0.05) is 10.6 Å². The van der Waals surface area contributed by atoms with Crippen LogP contribution < -0.4 is 29.5 Å². The van der Waals surface area contributed by atoms with Crippen LogP contribution in [-0.2, 0) is 4.57 Å². The summed E-state index contributed by atoms with van der Waals surface area (Å²) in [6, 6.07) is 30.5. The summed E-state index contributed by atoms with van der Waals surface area (Å²) in [5, 5.41) is 1.68. The normalized spacial score (nSPS) is 11.0. The molecule has 0 radical (unpaired) electrons. The minimum absolute atomic E-state index is 0. The van der Waals surface area contributed by atoms with Crippen molar-refractivity contribution in [3.05, 3.63) is 103 Å². The third kappa shape index (κ3) is 3.95. The van der Waals surface area contributed by atoms with Crippen LogP contribution >= 0.6 is 7.29 Å². The Balaban J connectivity index is 0.00000225. The van der Waals surface area contributed by atoms with Crippen LogP contribution in [0.1, 0.15) is 12.5 Å². The Hall–Kier alpha value is -1.68. The fourth-order valence-corrected chi connectivity index (χ4v) is 5.51. The Morgan fingerprint density at radius 3 is 1.48 bits per heavy atom. The first-order chi connectivity index (χ1) is 11.6. The van der Waals surface area contributed by atoms with E-state index in [2.05, 4.69) is 0 Å². The topological polar surface area (TPSA) is 20.3 Å². The first kappa shape index (κ1) is 19.6. The Labute approximate surface area is 162 Å². The van der Waals surface area contributed by atoms with Crippen molar-refractivity contribution in [2.75, 3.05) is 7.05 Å². The number of benzene rings is 3. The average molecular weight is 341 g/mol. The molecule has 0 saturated carbocycles. The van der Waals surface area contributed by atoms with Gasteiger partial charge in [0.1, 0.15) is 0 Å². The molecule has 0 aromatic heterocycles. The first-order valence-corrected chi connectivity index (χ1v) is 9.64. The summed E-state index contributed by atoms with van der Waals surface area (Å²) in [7, 11) is -1.02. The molecule has 3 aromatic carbocycles. The van der Waals surface area contributed by atoms with Crippen molar-refractivity contribution in [1.29, 1.82) is 0 Å². The van der Waals surface area contributed by atoms with Crippen molar-refractivity contribution in [2.45, 2.75) is 6.92 Å². The molecular weight excluding hydrogens is 320 g/mol. The first-order valence-electron chi connectivity index (χ1n) is 7.98.